The van der Waals surface area contributed by atoms with Crippen molar-refractivity contribution in [2.45, 2.75) is 25.1 Å². The third-order valence-corrected chi connectivity index (χ3v) is 4.21. The van der Waals surface area contributed by atoms with E-state index in [-0.39, 0.29) is 18.9 Å². The van der Waals surface area contributed by atoms with E-state index in [9.17, 15) is 23.1 Å². The number of aliphatic hydroxyl groups is 1. The molecule has 0 fully saturated rings. The Kier molecular flexibility index (Phi) is 7.28. The summed E-state index contributed by atoms with van der Waals surface area (Å²) in [5.74, 6) is 0.686. The van der Waals surface area contributed by atoms with Crippen LogP contribution in [0.25, 0.3) is 0 Å². The first-order valence-corrected chi connectivity index (χ1v) is 8.57. The minimum atomic E-state index is -4.38. The third kappa shape index (κ3) is 5.88. The molecule has 8 heteroatoms. The molecule has 0 saturated heterocycles. The van der Waals surface area contributed by atoms with Gasteiger partial charge in [-0.05, 0) is 41.8 Å². The zero-order valence-corrected chi connectivity index (χ0v) is 15.5. The molecule has 0 aliphatic rings. The van der Waals surface area contributed by atoms with Crippen molar-refractivity contribution in [3.05, 3.63) is 59.2 Å². The molecule has 5 nitrogen and oxygen atoms in total. The van der Waals surface area contributed by atoms with Crippen LogP contribution in [0.15, 0.2) is 42.5 Å². The van der Waals surface area contributed by atoms with Crippen LogP contribution in [0.2, 0.25) is 0 Å². The van der Waals surface area contributed by atoms with Crippen LogP contribution in [-0.2, 0) is 17.4 Å². The number of halogens is 3. The smallest absolute Gasteiger partial charge is 0.416 e. The number of benzene rings is 2. The van der Waals surface area contributed by atoms with Gasteiger partial charge in [-0.25, -0.2) is 0 Å². The number of alkyl halides is 3. The van der Waals surface area contributed by atoms with Gasteiger partial charge >= 0.3 is 6.18 Å². The number of methoxy groups -OCH3 is 2. The molecule has 2 aromatic carbocycles. The Balaban J connectivity index is 1.83. The van der Waals surface area contributed by atoms with Crippen molar-refractivity contribution in [3.63, 3.8) is 0 Å². The molecule has 1 unspecified atom stereocenters. The zero-order valence-electron chi connectivity index (χ0n) is 15.5. The van der Waals surface area contributed by atoms with Gasteiger partial charge < -0.3 is 19.9 Å². The van der Waals surface area contributed by atoms with Crippen molar-refractivity contribution in [1.29, 1.82) is 0 Å². The van der Waals surface area contributed by atoms with E-state index in [0.717, 1.165) is 12.1 Å². The van der Waals surface area contributed by atoms with Crippen molar-refractivity contribution in [2.75, 3.05) is 20.8 Å². The largest absolute Gasteiger partial charge is 0.493 e. The maximum Gasteiger partial charge on any atom is 0.416 e. The SMILES string of the molecule is COc1ccc(C(O)CNC(=O)CCc2ccc(C(F)(F)F)cc2)cc1OC. The molecule has 152 valence electrons. The number of amides is 1. The summed E-state index contributed by atoms with van der Waals surface area (Å²) in [5, 5.41) is 12.8. The highest BCUT2D eigenvalue weighted by atomic mass is 19.4. The van der Waals surface area contributed by atoms with Crippen LogP contribution in [0.1, 0.15) is 29.2 Å². The molecule has 0 bridgehead atoms. The van der Waals surface area contributed by atoms with E-state index in [2.05, 4.69) is 5.32 Å². The molecular formula is C20H22F3NO4. The summed E-state index contributed by atoms with van der Waals surface area (Å²) >= 11 is 0. The van der Waals surface area contributed by atoms with Crippen LogP contribution in [-0.4, -0.2) is 31.8 Å². The lowest BCUT2D eigenvalue weighted by Gasteiger charge is -2.15. The van der Waals surface area contributed by atoms with Gasteiger partial charge in [-0.1, -0.05) is 18.2 Å². The fraction of sp³-hybridized carbons (Fsp3) is 0.350. The Morgan fingerprint density at radius 3 is 2.29 bits per heavy atom. The average molecular weight is 397 g/mol. The summed E-state index contributed by atoms with van der Waals surface area (Å²) in [6.45, 7) is 0.00132. The second kappa shape index (κ2) is 9.45. The summed E-state index contributed by atoms with van der Waals surface area (Å²) in [5.41, 5.74) is 0.461. The number of hydrogen-bond acceptors (Lipinski definition) is 4. The van der Waals surface area contributed by atoms with E-state index in [0.29, 0.717) is 29.0 Å². The molecule has 0 radical (unpaired) electrons. The molecule has 1 amide bonds. The highest BCUT2D eigenvalue weighted by Crippen LogP contribution is 2.30. The van der Waals surface area contributed by atoms with Gasteiger partial charge in [0.25, 0.3) is 0 Å². The van der Waals surface area contributed by atoms with Crippen molar-refractivity contribution < 1.29 is 32.5 Å². The number of aliphatic hydroxyl groups excluding tert-OH is 1. The summed E-state index contributed by atoms with van der Waals surface area (Å²) in [4.78, 5) is 12.0. The van der Waals surface area contributed by atoms with Crippen LogP contribution < -0.4 is 14.8 Å². The summed E-state index contributed by atoms with van der Waals surface area (Å²) in [6.07, 6.45) is -4.91. The fourth-order valence-corrected chi connectivity index (χ4v) is 2.60. The number of hydrogen-bond donors (Lipinski definition) is 2. The molecule has 0 aliphatic carbocycles. The molecule has 0 saturated carbocycles. The highest BCUT2D eigenvalue weighted by Gasteiger charge is 2.29. The number of ether oxygens (including phenoxy) is 2. The number of nitrogens with one attached hydrogen (secondary N) is 1. The number of carbonyl (C=O) groups is 1. The van der Waals surface area contributed by atoms with E-state index in [1.165, 1.54) is 26.4 Å². The Hall–Kier alpha value is -2.74. The molecule has 28 heavy (non-hydrogen) atoms. The Morgan fingerprint density at radius 1 is 1.07 bits per heavy atom. The summed E-state index contributed by atoms with van der Waals surface area (Å²) < 4.78 is 47.9. The second-order valence-corrected chi connectivity index (χ2v) is 6.13. The van der Waals surface area contributed by atoms with Gasteiger partial charge in [-0.3, -0.25) is 4.79 Å². The average Bonchev–Trinajstić information content (AvgIpc) is 2.69. The van der Waals surface area contributed by atoms with Gasteiger partial charge in [0.15, 0.2) is 11.5 Å². The monoisotopic (exact) mass is 397 g/mol. The first-order chi connectivity index (χ1) is 13.2. The topological polar surface area (TPSA) is 67.8 Å². The molecule has 0 spiro atoms. The third-order valence-electron chi connectivity index (χ3n) is 4.21. The summed E-state index contributed by atoms with van der Waals surface area (Å²) in [6, 6.07) is 9.65. The van der Waals surface area contributed by atoms with E-state index < -0.39 is 17.8 Å². The standard InChI is InChI=1S/C20H22F3NO4/c1-27-17-9-6-14(11-18(17)28-2)16(25)12-24-19(26)10-5-13-3-7-15(8-4-13)20(21,22)23/h3-4,6-9,11,16,25H,5,10,12H2,1-2H3,(H,24,26). The van der Waals surface area contributed by atoms with E-state index in [4.69, 9.17) is 9.47 Å². The van der Waals surface area contributed by atoms with Crippen molar-refractivity contribution >= 4 is 5.91 Å². The zero-order chi connectivity index (χ0) is 20.7. The number of rotatable bonds is 8. The first kappa shape index (κ1) is 21.6. The number of aryl methyl sites for hydroxylation is 1. The van der Waals surface area contributed by atoms with Crippen molar-refractivity contribution in [2.24, 2.45) is 0 Å². The van der Waals surface area contributed by atoms with Crippen LogP contribution >= 0.6 is 0 Å². The lowest BCUT2D eigenvalue weighted by atomic mass is 10.1. The lowest BCUT2D eigenvalue weighted by Crippen LogP contribution is -2.28. The van der Waals surface area contributed by atoms with Gasteiger partial charge in [-0.2, -0.15) is 13.2 Å². The molecule has 0 aromatic heterocycles. The molecule has 2 N–H and O–H groups in total. The highest BCUT2D eigenvalue weighted by molar-refractivity contribution is 5.76. The lowest BCUT2D eigenvalue weighted by molar-refractivity contribution is -0.137. The van der Waals surface area contributed by atoms with Gasteiger partial charge in [0, 0.05) is 13.0 Å². The fourth-order valence-electron chi connectivity index (χ4n) is 2.60. The van der Waals surface area contributed by atoms with Gasteiger partial charge in [0.1, 0.15) is 0 Å². The number of carbonyl (C=O) groups excluding carboxylic acids is 1. The molecule has 1 atom stereocenters. The first-order valence-electron chi connectivity index (χ1n) is 8.57. The maximum atomic E-state index is 12.5. The molecule has 2 rings (SSSR count). The van der Waals surface area contributed by atoms with E-state index >= 15 is 0 Å². The van der Waals surface area contributed by atoms with Crippen LogP contribution in [0, 0.1) is 0 Å². The van der Waals surface area contributed by atoms with E-state index in [1.54, 1.807) is 18.2 Å². The Morgan fingerprint density at radius 2 is 1.71 bits per heavy atom. The minimum Gasteiger partial charge on any atom is -0.493 e. The minimum absolute atomic E-state index is 0.00132. The second-order valence-electron chi connectivity index (χ2n) is 6.13. The van der Waals surface area contributed by atoms with Crippen LogP contribution in [0.5, 0.6) is 11.5 Å². The molecular weight excluding hydrogens is 375 g/mol. The van der Waals surface area contributed by atoms with E-state index in [1.807, 2.05) is 0 Å². The molecule has 0 aliphatic heterocycles. The van der Waals surface area contributed by atoms with Gasteiger partial charge in [-0.15, -0.1) is 0 Å². The van der Waals surface area contributed by atoms with Gasteiger partial charge in [0.2, 0.25) is 5.91 Å². The normalized spacial score (nSPS) is 12.4. The summed E-state index contributed by atoms with van der Waals surface area (Å²) in [7, 11) is 2.99. The maximum absolute atomic E-state index is 12.5. The molecule has 2 aromatic rings. The van der Waals surface area contributed by atoms with Crippen molar-refractivity contribution in [3.8, 4) is 11.5 Å². The van der Waals surface area contributed by atoms with Crippen LogP contribution in [0.3, 0.4) is 0 Å². The quantitative estimate of drug-likeness (QED) is 0.716. The Labute approximate surface area is 161 Å². The van der Waals surface area contributed by atoms with Gasteiger partial charge in [0.05, 0.1) is 25.9 Å². The molecule has 0 heterocycles. The van der Waals surface area contributed by atoms with Crippen LogP contribution in [0.4, 0.5) is 13.2 Å². The van der Waals surface area contributed by atoms with Crippen molar-refractivity contribution in [1.82, 2.24) is 5.32 Å². The predicted molar refractivity (Wildman–Crippen MR) is 97.3 cm³/mol. The predicted octanol–water partition coefficient (Wildman–Crippen LogP) is 3.51. The Bertz CT molecular complexity index is 791.